The second-order valence-corrected chi connectivity index (χ2v) is 6.85. The molecule has 0 bridgehead atoms. The summed E-state index contributed by atoms with van der Waals surface area (Å²) >= 11 is 1.50. The summed E-state index contributed by atoms with van der Waals surface area (Å²) < 4.78 is 0. The van der Waals surface area contributed by atoms with E-state index in [1.165, 1.54) is 11.8 Å². The summed E-state index contributed by atoms with van der Waals surface area (Å²) in [7, 11) is 0. The molecule has 0 amide bonds. The number of nitrogen functional groups attached to an aromatic ring is 1. The van der Waals surface area contributed by atoms with Gasteiger partial charge in [0, 0.05) is 28.3 Å². The van der Waals surface area contributed by atoms with Crippen LogP contribution in [-0.4, -0.2) is 25.1 Å². The van der Waals surface area contributed by atoms with Gasteiger partial charge in [-0.2, -0.15) is 15.1 Å². The fraction of sp³-hybridized carbons (Fsp3) is 0.250. The number of aromatic amines is 1. The van der Waals surface area contributed by atoms with E-state index < -0.39 is 0 Å². The van der Waals surface area contributed by atoms with Gasteiger partial charge in [0.1, 0.15) is 5.82 Å². The van der Waals surface area contributed by atoms with Crippen LogP contribution in [0.1, 0.15) is 30.3 Å². The molecule has 2 heterocycles. The van der Waals surface area contributed by atoms with Crippen molar-refractivity contribution in [2.24, 2.45) is 0 Å². The Hall–Kier alpha value is -2.61. The highest BCUT2D eigenvalue weighted by Gasteiger charge is 2.28. The summed E-state index contributed by atoms with van der Waals surface area (Å²) in [4.78, 5) is 14.7. The lowest BCUT2D eigenvalue weighted by atomic mass is 10.3. The molecule has 1 aliphatic rings. The average molecular weight is 339 g/mol. The van der Waals surface area contributed by atoms with Crippen LogP contribution in [0.5, 0.6) is 0 Å². The Morgan fingerprint density at radius 2 is 1.96 bits per heavy atom. The van der Waals surface area contributed by atoms with Crippen LogP contribution >= 0.6 is 11.8 Å². The Bertz CT molecular complexity index is 855. The molecule has 2 aromatic heterocycles. The molecule has 0 spiro atoms. The molecule has 1 saturated carbocycles. The van der Waals surface area contributed by atoms with E-state index in [0.717, 1.165) is 34.9 Å². The minimum absolute atomic E-state index is 0.445. The maximum absolute atomic E-state index is 5.73. The van der Waals surface area contributed by atoms with Gasteiger partial charge in [0.2, 0.25) is 5.95 Å². The standard InChI is InChI=1S/C16H17N7S/c1-9-8-13(23-22-9)18-15-19-14(10-2-3-10)20-16(21-15)24-12-6-4-11(17)5-7-12/h4-8,10H,2-3,17H2,1H3,(H2,18,19,20,21,22,23). The number of hydrogen-bond acceptors (Lipinski definition) is 7. The molecule has 7 nitrogen and oxygen atoms in total. The van der Waals surface area contributed by atoms with Gasteiger partial charge in [-0.3, -0.25) is 5.10 Å². The van der Waals surface area contributed by atoms with Crippen molar-refractivity contribution >= 4 is 29.2 Å². The van der Waals surface area contributed by atoms with Crippen molar-refractivity contribution in [1.29, 1.82) is 0 Å². The summed E-state index contributed by atoms with van der Waals surface area (Å²) in [6.07, 6.45) is 2.27. The van der Waals surface area contributed by atoms with Crippen LogP contribution in [0.25, 0.3) is 0 Å². The van der Waals surface area contributed by atoms with Crippen molar-refractivity contribution in [3.05, 3.63) is 41.9 Å². The van der Waals surface area contributed by atoms with E-state index in [4.69, 9.17) is 5.73 Å². The fourth-order valence-electron chi connectivity index (χ4n) is 2.24. The van der Waals surface area contributed by atoms with Gasteiger partial charge in [-0.05, 0) is 55.8 Å². The van der Waals surface area contributed by atoms with E-state index in [0.29, 0.717) is 22.8 Å². The minimum atomic E-state index is 0.445. The van der Waals surface area contributed by atoms with E-state index in [9.17, 15) is 0 Å². The minimum Gasteiger partial charge on any atom is -0.399 e. The lowest BCUT2D eigenvalue weighted by Gasteiger charge is -2.07. The Morgan fingerprint density at radius 3 is 2.62 bits per heavy atom. The molecule has 0 atom stereocenters. The molecule has 0 unspecified atom stereocenters. The third-order valence-corrected chi connectivity index (χ3v) is 4.48. The normalized spacial score (nSPS) is 13.9. The zero-order valence-electron chi connectivity index (χ0n) is 13.2. The lowest BCUT2D eigenvalue weighted by Crippen LogP contribution is -2.04. The van der Waals surface area contributed by atoms with Crippen molar-refractivity contribution < 1.29 is 0 Å². The van der Waals surface area contributed by atoms with Gasteiger partial charge in [0.25, 0.3) is 0 Å². The zero-order chi connectivity index (χ0) is 16.5. The fourth-order valence-corrected chi connectivity index (χ4v) is 2.99. The summed E-state index contributed by atoms with van der Waals surface area (Å²) in [6.45, 7) is 1.95. The van der Waals surface area contributed by atoms with Crippen molar-refractivity contribution in [2.75, 3.05) is 11.1 Å². The number of H-pyrrole nitrogens is 1. The highest BCUT2D eigenvalue weighted by Crippen LogP contribution is 2.39. The third kappa shape index (κ3) is 3.48. The number of benzene rings is 1. The molecule has 1 fully saturated rings. The number of aryl methyl sites for hydroxylation is 1. The highest BCUT2D eigenvalue weighted by atomic mass is 32.2. The van der Waals surface area contributed by atoms with E-state index in [1.54, 1.807) is 0 Å². The average Bonchev–Trinajstić information content (AvgIpc) is 3.33. The van der Waals surface area contributed by atoms with E-state index >= 15 is 0 Å². The van der Waals surface area contributed by atoms with Gasteiger partial charge in [0.15, 0.2) is 11.0 Å². The topological polar surface area (TPSA) is 105 Å². The first-order valence-electron chi connectivity index (χ1n) is 7.74. The van der Waals surface area contributed by atoms with Crippen LogP contribution in [0.4, 0.5) is 17.5 Å². The Balaban J connectivity index is 1.61. The number of hydrogen-bond donors (Lipinski definition) is 3. The third-order valence-electron chi connectivity index (χ3n) is 3.61. The van der Waals surface area contributed by atoms with E-state index in [-0.39, 0.29) is 0 Å². The smallest absolute Gasteiger partial charge is 0.232 e. The molecule has 3 aromatic rings. The molecule has 8 heteroatoms. The zero-order valence-corrected chi connectivity index (χ0v) is 14.0. The summed E-state index contributed by atoms with van der Waals surface area (Å²) in [6, 6.07) is 9.58. The molecule has 1 aliphatic carbocycles. The molecule has 0 radical (unpaired) electrons. The molecule has 1 aromatic carbocycles. The summed E-state index contributed by atoms with van der Waals surface area (Å²) in [5, 5.41) is 10.9. The first kappa shape index (κ1) is 14.9. The molecule has 24 heavy (non-hydrogen) atoms. The summed E-state index contributed by atoms with van der Waals surface area (Å²) in [5.74, 6) is 2.51. The molecule has 122 valence electrons. The van der Waals surface area contributed by atoms with Crippen molar-refractivity contribution in [3.63, 3.8) is 0 Å². The van der Waals surface area contributed by atoms with Crippen molar-refractivity contribution in [2.45, 2.75) is 35.7 Å². The molecule has 4 N–H and O–H groups in total. The van der Waals surface area contributed by atoms with Gasteiger partial charge in [-0.15, -0.1) is 0 Å². The molecule has 4 rings (SSSR count). The number of nitrogens with zero attached hydrogens (tertiary/aromatic N) is 4. The van der Waals surface area contributed by atoms with Crippen LogP contribution in [0.3, 0.4) is 0 Å². The second-order valence-electron chi connectivity index (χ2n) is 5.81. The predicted octanol–water partition coefficient (Wildman–Crippen LogP) is 3.26. The van der Waals surface area contributed by atoms with Gasteiger partial charge in [-0.25, -0.2) is 4.98 Å². The van der Waals surface area contributed by atoms with Gasteiger partial charge in [-0.1, -0.05) is 0 Å². The van der Waals surface area contributed by atoms with Gasteiger partial charge in [0.05, 0.1) is 0 Å². The molecular formula is C16H17N7S. The van der Waals surface area contributed by atoms with E-state index in [2.05, 4.69) is 30.5 Å². The van der Waals surface area contributed by atoms with Crippen LogP contribution in [-0.2, 0) is 0 Å². The van der Waals surface area contributed by atoms with Crippen molar-refractivity contribution in [3.8, 4) is 0 Å². The number of nitrogens with one attached hydrogen (secondary N) is 2. The number of anilines is 3. The second kappa shape index (κ2) is 6.12. The number of rotatable bonds is 5. The number of aromatic nitrogens is 5. The maximum Gasteiger partial charge on any atom is 0.232 e. The highest BCUT2D eigenvalue weighted by molar-refractivity contribution is 7.99. The molecule has 0 aliphatic heterocycles. The Labute approximate surface area is 143 Å². The molecular weight excluding hydrogens is 322 g/mol. The predicted molar refractivity (Wildman–Crippen MR) is 93.4 cm³/mol. The monoisotopic (exact) mass is 339 g/mol. The van der Waals surface area contributed by atoms with Gasteiger partial charge < -0.3 is 11.1 Å². The van der Waals surface area contributed by atoms with Crippen LogP contribution in [0.2, 0.25) is 0 Å². The Kier molecular flexibility index (Phi) is 3.81. The van der Waals surface area contributed by atoms with Crippen LogP contribution in [0.15, 0.2) is 40.4 Å². The molecule has 0 saturated heterocycles. The van der Waals surface area contributed by atoms with Gasteiger partial charge >= 0.3 is 0 Å². The first-order chi connectivity index (χ1) is 11.7. The maximum atomic E-state index is 5.73. The largest absolute Gasteiger partial charge is 0.399 e. The Morgan fingerprint density at radius 1 is 1.17 bits per heavy atom. The lowest BCUT2D eigenvalue weighted by molar-refractivity contribution is 0.814. The van der Waals surface area contributed by atoms with E-state index in [1.807, 2.05) is 37.3 Å². The summed E-state index contributed by atoms with van der Waals surface area (Å²) in [5.41, 5.74) is 7.45. The quantitative estimate of drug-likeness (QED) is 0.613. The number of nitrogens with two attached hydrogens (primary N) is 1. The van der Waals surface area contributed by atoms with Crippen LogP contribution in [0, 0.1) is 6.92 Å². The van der Waals surface area contributed by atoms with Crippen LogP contribution < -0.4 is 11.1 Å². The first-order valence-corrected chi connectivity index (χ1v) is 8.56. The van der Waals surface area contributed by atoms with Crippen molar-refractivity contribution in [1.82, 2.24) is 25.1 Å². The SMILES string of the molecule is Cc1cc(Nc2nc(Sc3ccc(N)cc3)nc(C3CC3)n2)n[nH]1.